The van der Waals surface area contributed by atoms with Crippen LogP contribution in [0.5, 0.6) is 0 Å². The number of benzene rings is 2. The maximum Gasteiger partial charge on any atom is 0.416 e. The average Bonchev–Trinajstić information content (AvgIpc) is 2.75. The molecule has 3 rings (SSSR count). The molecule has 1 heterocycles. The molecule has 0 radical (unpaired) electrons. The quantitative estimate of drug-likeness (QED) is 0.481. The summed E-state index contributed by atoms with van der Waals surface area (Å²) in [6.07, 6.45) is -4.32. The summed E-state index contributed by atoms with van der Waals surface area (Å²) >= 11 is 0. The number of nitrogens with zero attached hydrogens (tertiary/aromatic N) is 1. The fourth-order valence-electron chi connectivity index (χ4n) is 3.29. The van der Waals surface area contributed by atoms with Crippen LogP contribution >= 0.6 is 0 Å². The monoisotopic (exact) mass is 489 g/mol. The fourth-order valence-corrected chi connectivity index (χ4v) is 4.40. The molecule has 33 heavy (non-hydrogen) atoms. The average molecular weight is 489 g/mol. The van der Waals surface area contributed by atoms with Gasteiger partial charge in [-0.05, 0) is 43.2 Å². The first-order valence-electron chi connectivity index (χ1n) is 9.91. The molecule has 1 atom stereocenters. The topological polar surface area (TPSA) is 78.5 Å². The second kappa shape index (κ2) is 10.4. The highest BCUT2D eigenvalue weighted by molar-refractivity contribution is 7.83. The van der Waals surface area contributed by atoms with Crippen LogP contribution in [0.15, 0.2) is 47.4 Å². The molecule has 0 aromatic heterocycles. The van der Waals surface area contributed by atoms with Gasteiger partial charge in [-0.3, -0.25) is 9.59 Å². The maximum atomic E-state index is 13.6. The van der Waals surface area contributed by atoms with Gasteiger partial charge in [-0.25, -0.2) is 17.7 Å². The van der Waals surface area contributed by atoms with Crippen LogP contribution in [-0.2, 0) is 26.8 Å². The minimum Gasteiger partial charge on any atom is -0.342 e. The third-order valence-corrected chi connectivity index (χ3v) is 6.24. The molecule has 2 aromatic carbocycles. The first kappa shape index (κ1) is 24.8. The number of piperidine rings is 1. The van der Waals surface area contributed by atoms with Crippen molar-refractivity contribution in [3.63, 3.8) is 0 Å². The lowest BCUT2D eigenvalue weighted by Crippen LogP contribution is -2.46. The Balaban J connectivity index is 1.47. The van der Waals surface area contributed by atoms with Crippen LogP contribution < -0.4 is 10.0 Å². The lowest BCUT2D eigenvalue weighted by atomic mass is 10.1. The van der Waals surface area contributed by atoms with Crippen LogP contribution in [0.2, 0.25) is 0 Å². The van der Waals surface area contributed by atoms with E-state index in [9.17, 15) is 35.8 Å². The first-order valence-corrected chi connectivity index (χ1v) is 11.1. The molecule has 1 unspecified atom stereocenters. The zero-order valence-corrected chi connectivity index (χ0v) is 17.9. The van der Waals surface area contributed by atoms with Gasteiger partial charge in [0.15, 0.2) is 0 Å². The van der Waals surface area contributed by atoms with E-state index in [1.807, 2.05) is 0 Å². The zero-order chi connectivity index (χ0) is 24.2. The number of anilines is 1. The highest BCUT2D eigenvalue weighted by Gasteiger charge is 2.31. The number of likely N-dealkylation sites (tertiary alicyclic amines) is 1. The number of carbonyl (C=O) groups excluding carboxylic acids is 2. The molecule has 12 heteroatoms. The third-order valence-electron chi connectivity index (χ3n) is 5.01. The van der Waals surface area contributed by atoms with E-state index in [4.69, 9.17) is 0 Å². The first-order chi connectivity index (χ1) is 15.5. The molecule has 178 valence electrons. The summed E-state index contributed by atoms with van der Waals surface area (Å²) in [7, 11) is -1.86. The summed E-state index contributed by atoms with van der Waals surface area (Å²) in [5.41, 5.74) is -1.14. The SMILES string of the molecule is O=C(CC(=O)N1CCC(NS(=O)c2cccc(C(F)(F)F)c2)CC1)Nc1ccc(F)cc1F. The van der Waals surface area contributed by atoms with Crippen LogP contribution in [0.3, 0.4) is 0 Å². The number of hydrogen-bond acceptors (Lipinski definition) is 3. The number of rotatable bonds is 6. The van der Waals surface area contributed by atoms with Gasteiger partial charge in [0.05, 0.1) is 16.1 Å². The number of nitrogens with one attached hydrogen (secondary N) is 2. The molecule has 1 saturated heterocycles. The smallest absolute Gasteiger partial charge is 0.342 e. The molecule has 0 bridgehead atoms. The largest absolute Gasteiger partial charge is 0.416 e. The van der Waals surface area contributed by atoms with E-state index in [0.29, 0.717) is 18.9 Å². The molecule has 1 aliphatic heterocycles. The van der Waals surface area contributed by atoms with Gasteiger partial charge in [0.2, 0.25) is 11.8 Å². The second-order valence-electron chi connectivity index (χ2n) is 7.42. The Morgan fingerprint density at radius 3 is 2.39 bits per heavy atom. The summed E-state index contributed by atoms with van der Waals surface area (Å²) in [6, 6.07) is 6.57. The Kier molecular flexibility index (Phi) is 7.80. The maximum absolute atomic E-state index is 13.6. The Hall–Kier alpha value is -2.86. The number of amides is 2. The number of hydrogen-bond donors (Lipinski definition) is 2. The highest BCUT2D eigenvalue weighted by Crippen LogP contribution is 2.30. The van der Waals surface area contributed by atoms with E-state index in [-0.39, 0.29) is 29.7 Å². The normalized spacial score (nSPS) is 15.8. The number of halogens is 5. The Morgan fingerprint density at radius 2 is 1.76 bits per heavy atom. The molecule has 1 fully saturated rings. The van der Waals surface area contributed by atoms with E-state index in [1.165, 1.54) is 17.0 Å². The van der Waals surface area contributed by atoms with Crippen molar-refractivity contribution in [2.75, 3.05) is 18.4 Å². The lowest BCUT2D eigenvalue weighted by Gasteiger charge is -2.32. The van der Waals surface area contributed by atoms with E-state index >= 15 is 0 Å². The predicted octanol–water partition coefficient (Wildman–Crippen LogP) is 3.62. The highest BCUT2D eigenvalue weighted by atomic mass is 32.2. The van der Waals surface area contributed by atoms with Crippen molar-refractivity contribution >= 4 is 28.5 Å². The minimum atomic E-state index is -4.54. The molecule has 0 saturated carbocycles. The van der Waals surface area contributed by atoms with Crippen molar-refractivity contribution in [3.05, 3.63) is 59.7 Å². The van der Waals surface area contributed by atoms with Gasteiger partial charge in [0.25, 0.3) is 0 Å². The summed E-state index contributed by atoms with van der Waals surface area (Å²) in [4.78, 5) is 25.8. The summed E-state index contributed by atoms with van der Waals surface area (Å²) < 4.78 is 80.2. The van der Waals surface area contributed by atoms with Gasteiger partial charge in [0, 0.05) is 25.2 Å². The van der Waals surface area contributed by atoms with E-state index < -0.39 is 52.6 Å². The van der Waals surface area contributed by atoms with Crippen molar-refractivity contribution < 1.29 is 35.8 Å². The van der Waals surface area contributed by atoms with Gasteiger partial charge >= 0.3 is 6.18 Å². The molecule has 1 aliphatic rings. The zero-order valence-electron chi connectivity index (χ0n) is 17.1. The van der Waals surface area contributed by atoms with Gasteiger partial charge in [-0.15, -0.1) is 0 Å². The van der Waals surface area contributed by atoms with Gasteiger partial charge in [-0.1, -0.05) is 6.07 Å². The van der Waals surface area contributed by atoms with Crippen molar-refractivity contribution in [3.8, 4) is 0 Å². The van der Waals surface area contributed by atoms with Crippen molar-refractivity contribution in [2.24, 2.45) is 0 Å². The van der Waals surface area contributed by atoms with E-state index in [1.54, 1.807) is 0 Å². The van der Waals surface area contributed by atoms with Crippen LogP contribution in [0.1, 0.15) is 24.8 Å². The van der Waals surface area contributed by atoms with Crippen molar-refractivity contribution in [2.45, 2.75) is 36.4 Å². The number of alkyl halides is 3. The van der Waals surface area contributed by atoms with Crippen molar-refractivity contribution in [1.82, 2.24) is 9.62 Å². The predicted molar refractivity (Wildman–Crippen MR) is 110 cm³/mol. The van der Waals surface area contributed by atoms with E-state index in [0.717, 1.165) is 24.3 Å². The molecule has 0 aliphatic carbocycles. The number of carbonyl (C=O) groups is 2. The Bertz CT molecular complexity index is 1060. The summed E-state index contributed by atoms with van der Waals surface area (Å²) in [5, 5.41) is 2.21. The van der Waals surface area contributed by atoms with Crippen LogP contribution in [0.4, 0.5) is 27.6 Å². The molecule has 2 aromatic rings. The Labute approximate surface area is 188 Å². The van der Waals surface area contributed by atoms with E-state index in [2.05, 4.69) is 10.0 Å². The second-order valence-corrected chi connectivity index (χ2v) is 8.66. The van der Waals surface area contributed by atoms with Crippen LogP contribution in [0, 0.1) is 11.6 Å². The molecule has 2 N–H and O–H groups in total. The summed E-state index contributed by atoms with van der Waals surface area (Å²) in [6.45, 7) is 0.489. The standard InChI is InChI=1S/C21H20F5N3O3S/c22-14-4-5-18(17(23)11-14)27-19(30)12-20(31)29-8-6-15(7-9-29)28-33(32)16-3-1-2-13(10-16)21(24,25)26/h1-5,10-11,15,28H,6-9,12H2,(H,27,30). The third kappa shape index (κ3) is 6.81. The summed E-state index contributed by atoms with van der Waals surface area (Å²) in [5.74, 6) is -3.01. The van der Waals surface area contributed by atoms with Gasteiger partial charge < -0.3 is 10.2 Å². The lowest BCUT2D eigenvalue weighted by molar-refractivity contribution is -0.138. The molecule has 0 spiro atoms. The fraction of sp³-hybridized carbons (Fsp3) is 0.333. The minimum absolute atomic E-state index is 0.00646. The van der Waals surface area contributed by atoms with Gasteiger partial charge in [0.1, 0.15) is 29.0 Å². The van der Waals surface area contributed by atoms with Crippen LogP contribution in [-0.4, -0.2) is 40.1 Å². The molecular weight excluding hydrogens is 469 g/mol. The Morgan fingerprint density at radius 1 is 1.06 bits per heavy atom. The van der Waals surface area contributed by atoms with Crippen molar-refractivity contribution in [1.29, 1.82) is 0 Å². The molecular formula is C21H20F5N3O3S. The molecule has 2 amide bonds. The molecule has 6 nitrogen and oxygen atoms in total. The van der Waals surface area contributed by atoms with Gasteiger partial charge in [-0.2, -0.15) is 13.2 Å². The van der Waals surface area contributed by atoms with Crippen LogP contribution in [0.25, 0.3) is 0 Å².